The van der Waals surface area contributed by atoms with E-state index < -0.39 is 0 Å². The second-order valence-electron chi connectivity index (χ2n) is 6.84. The van der Waals surface area contributed by atoms with Gasteiger partial charge < -0.3 is 10.6 Å². The third-order valence-corrected chi connectivity index (χ3v) is 5.65. The van der Waals surface area contributed by atoms with E-state index in [9.17, 15) is 4.39 Å². The third kappa shape index (κ3) is 5.58. The lowest BCUT2D eigenvalue weighted by Crippen LogP contribution is -2.19. The lowest BCUT2D eigenvalue weighted by Gasteiger charge is -2.08. The third-order valence-electron chi connectivity index (χ3n) is 4.50. The number of aromatic nitrogens is 4. The SMILES string of the molecule is Fc1cccc(Cl)c1Cn1ccc(NC(=S)Nc2cnn(Cc3ccc(Cl)cc3Cl)c2)n1. The van der Waals surface area contributed by atoms with Gasteiger partial charge in [-0.05, 0) is 42.0 Å². The van der Waals surface area contributed by atoms with Crippen LogP contribution in [0.3, 0.4) is 0 Å². The number of thiocarbonyl (C=S) groups is 1. The van der Waals surface area contributed by atoms with Crippen LogP contribution in [-0.2, 0) is 13.1 Å². The second kappa shape index (κ2) is 9.87. The van der Waals surface area contributed by atoms with E-state index >= 15 is 0 Å². The van der Waals surface area contributed by atoms with E-state index in [1.807, 2.05) is 6.07 Å². The Labute approximate surface area is 203 Å². The highest BCUT2D eigenvalue weighted by atomic mass is 35.5. The van der Waals surface area contributed by atoms with Gasteiger partial charge in [0.2, 0.25) is 0 Å². The number of halogens is 4. The van der Waals surface area contributed by atoms with Crippen LogP contribution in [0.5, 0.6) is 0 Å². The van der Waals surface area contributed by atoms with E-state index in [1.165, 1.54) is 6.07 Å². The molecule has 0 saturated heterocycles. The summed E-state index contributed by atoms with van der Waals surface area (Å²) >= 11 is 23.6. The molecule has 2 N–H and O–H groups in total. The molecule has 0 spiro atoms. The molecule has 0 aliphatic rings. The van der Waals surface area contributed by atoms with Gasteiger partial charge in [-0.2, -0.15) is 10.2 Å². The number of anilines is 2. The van der Waals surface area contributed by atoms with Crippen LogP contribution in [0.4, 0.5) is 15.9 Å². The fourth-order valence-electron chi connectivity index (χ4n) is 2.98. The number of hydrogen-bond acceptors (Lipinski definition) is 3. The maximum absolute atomic E-state index is 14.0. The van der Waals surface area contributed by atoms with E-state index in [0.717, 1.165) is 5.56 Å². The second-order valence-corrected chi connectivity index (χ2v) is 8.50. The number of nitrogens with one attached hydrogen (secondary N) is 2. The highest BCUT2D eigenvalue weighted by Crippen LogP contribution is 2.22. The lowest BCUT2D eigenvalue weighted by atomic mass is 10.2. The van der Waals surface area contributed by atoms with E-state index in [-0.39, 0.29) is 12.4 Å². The molecule has 11 heteroatoms. The summed E-state index contributed by atoms with van der Waals surface area (Å²) in [6.07, 6.45) is 5.16. The van der Waals surface area contributed by atoms with Crippen molar-refractivity contribution in [2.45, 2.75) is 13.1 Å². The number of hydrogen-bond donors (Lipinski definition) is 2. The van der Waals surface area contributed by atoms with Crippen LogP contribution in [-0.4, -0.2) is 24.7 Å². The minimum atomic E-state index is -0.378. The van der Waals surface area contributed by atoms with Gasteiger partial charge in [0.1, 0.15) is 5.82 Å². The minimum absolute atomic E-state index is 0.202. The standard InChI is InChI=1S/C21H16Cl3FN6S/c22-14-5-4-13(18(24)8-14)10-31-11-15(9-26-31)27-21(32)28-20-6-7-30(29-20)12-16-17(23)2-1-3-19(16)25/h1-9,11H,10,12H2,(H2,27,28,29,32). The first-order valence-electron chi connectivity index (χ1n) is 9.38. The molecule has 164 valence electrons. The van der Waals surface area contributed by atoms with Gasteiger partial charge in [0.15, 0.2) is 10.9 Å². The van der Waals surface area contributed by atoms with Crippen molar-refractivity contribution >= 4 is 63.6 Å². The molecule has 0 saturated carbocycles. The zero-order valence-electron chi connectivity index (χ0n) is 16.4. The Morgan fingerprint density at radius 3 is 2.62 bits per heavy atom. The van der Waals surface area contributed by atoms with Crippen molar-refractivity contribution in [2.75, 3.05) is 10.6 Å². The Kier molecular flexibility index (Phi) is 6.95. The molecule has 0 unspecified atom stereocenters. The van der Waals surface area contributed by atoms with Gasteiger partial charge in [-0.25, -0.2) is 4.39 Å². The van der Waals surface area contributed by atoms with Crippen molar-refractivity contribution in [1.29, 1.82) is 0 Å². The van der Waals surface area contributed by atoms with Crippen molar-refractivity contribution in [3.05, 3.63) is 93.1 Å². The average molecular weight is 510 g/mol. The predicted molar refractivity (Wildman–Crippen MR) is 130 cm³/mol. The molecule has 0 fully saturated rings. The normalized spacial score (nSPS) is 10.9. The molecular weight excluding hydrogens is 494 g/mol. The molecule has 32 heavy (non-hydrogen) atoms. The summed E-state index contributed by atoms with van der Waals surface area (Å²) < 4.78 is 17.3. The van der Waals surface area contributed by atoms with E-state index in [2.05, 4.69) is 20.8 Å². The van der Waals surface area contributed by atoms with Crippen LogP contribution in [0.25, 0.3) is 0 Å². The molecule has 0 atom stereocenters. The summed E-state index contributed by atoms with van der Waals surface area (Å²) in [7, 11) is 0. The summed E-state index contributed by atoms with van der Waals surface area (Å²) in [5.74, 6) is 0.131. The van der Waals surface area contributed by atoms with Crippen LogP contribution < -0.4 is 10.6 Å². The van der Waals surface area contributed by atoms with Gasteiger partial charge >= 0.3 is 0 Å². The Bertz CT molecular complexity index is 1250. The molecule has 6 nitrogen and oxygen atoms in total. The maximum Gasteiger partial charge on any atom is 0.176 e. The van der Waals surface area contributed by atoms with Gasteiger partial charge in [0.05, 0.1) is 25.0 Å². The van der Waals surface area contributed by atoms with Crippen LogP contribution in [0.1, 0.15) is 11.1 Å². The first-order chi connectivity index (χ1) is 15.4. The van der Waals surface area contributed by atoms with Crippen LogP contribution in [0.15, 0.2) is 61.1 Å². The molecule has 0 amide bonds. The summed E-state index contributed by atoms with van der Waals surface area (Å²) in [6.45, 7) is 0.689. The summed E-state index contributed by atoms with van der Waals surface area (Å²) in [5, 5.41) is 16.5. The average Bonchev–Trinajstić information content (AvgIpc) is 3.36. The Balaban J connectivity index is 1.34. The largest absolute Gasteiger partial charge is 0.330 e. The van der Waals surface area contributed by atoms with Gasteiger partial charge in [0, 0.05) is 39.1 Å². The molecule has 0 radical (unpaired) electrons. The molecule has 4 aromatic rings. The Morgan fingerprint density at radius 2 is 1.84 bits per heavy atom. The van der Waals surface area contributed by atoms with E-state index in [0.29, 0.717) is 43.8 Å². The summed E-state index contributed by atoms with van der Waals surface area (Å²) in [5.41, 5.74) is 1.97. The maximum atomic E-state index is 14.0. The lowest BCUT2D eigenvalue weighted by molar-refractivity contribution is 0.586. The molecule has 2 aromatic carbocycles. The van der Waals surface area contributed by atoms with Crippen LogP contribution in [0, 0.1) is 5.82 Å². The Hall–Kier alpha value is -2.65. The van der Waals surface area contributed by atoms with Crippen LogP contribution in [0.2, 0.25) is 15.1 Å². The number of rotatable bonds is 6. The van der Waals surface area contributed by atoms with Gasteiger partial charge in [-0.15, -0.1) is 0 Å². The molecule has 0 aliphatic heterocycles. The van der Waals surface area contributed by atoms with E-state index in [1.54, 1.807) is 58.3 Å². The summed E-state index contributed by atoms with van der Waals surface area (Å²) in [6, 6.07) is 11.6. The van der Waals surface area contributed by atoms with Gasteiger partial charge in [0.25, 0.3) is 0 Å². The monoisotopic (exact) mass is 508 g/mol. The predicted octanol–water partition coefficient (Wildman–Crippen LogP) is 6.08. The van der Waals surface area contributed by atoms with Crippen molar-refractivity contribution < 1.29 is 4.39 Å². The molecule has 4 rings (SSSR count). The topological polar surface area (TPSA) is 59.7 Å². The van der Waals surface area contributed by atoms with Gasteiger partial charge in [-0.3, -0.25) is 9.36 Å². The molecular formula is C21H16Cl3FN6S. The Morgan fingerprint density at radius 1 is 1.00 bits per heavy atom. The quantitative estimate of drug-likeness (QED) is 0.308. The molecule has 2 aromatic heterocycles. The minimum Gasteiger partial charge on any atom is -0.330 e. The fourth-order valence-corrected chi connectivity index (χ4v) is 3.89. The number of benzene rings is 2. The van der Waals surface area contributed by atoms with Crippen molar-refractivity contribution in [3.8, 4) is 0 Å². The van der Waals surface area contributed by atoms with Crippen molar-refractivity contribution in [1.82, 2.24) is 19.6 Å². The van der Waals surface area contributed by atoms with Gasteiger partial charge in [-0.1, -0.05) is 46.9 Å². The molecule has 0 aliphatic carbocycles. The highest BCUT2D eigenvalue weighted by molar-refractivity contribution is 7.80. The zero-order chi connectivity index (χ0) is 22.7. The zero-order valence-corrected chi connectivity index (χ0v) is 19.5. The first kappa shape index (κ1) is 22.5. The van der Waals surface area contributed by atoms with Crippen molar-refractivity contribution in [3.63, 3.8) is 0 Å². The van der Waals surface area contributed by atoms with Crippen molar-refractivity contribution in [2.24, 2.45) is 0 Å². The van der Waals surface area contributed by atoms with Crippen LogP contribution >= 0.6 is 47.0 Å². The fraction of sp³-hybridized carbons (Fsp3) is 0.0952. The van der Waals surface area contributed by atoms with E-state index in [4.69, 9.17) is 47.0 Å². The highest BCUT2D eigenvalue weighted by Gasteiger charge is 2.10. The smallest absolute Gasteiger partial charge is 0.176 e. The molecule has 0 bridgehead atoms. The molecule has 2 heterocycles. The number of nitrogens with zero attached hydrogens (tertiary/aromatic N) is 4. The summed E-state index contributed by atoms with van der Waals surface area (Å²) in [4.78, 5) is 0. The first-order valence-corrected chi connectivity index (χ1v) is 10.9.